The average molecular weight is 350 g/mol. The van der Waals surface area contributed by atoms with Crippen molar-refractivity contribution in [2.24, 2.45) is 5.10 Å². The first-order chi connectivity index (χ1) is 12.6. The van der Waals surface area contributed by atoms with Crippen LogP contribution in [0.2, 0.25) is 0 Å². The van der Waals surface area contributed by atoms with Crippen molar-refractivity contribution in [1.29, 1.82) is 0 Å². The highest BCUT2D eigenvalue weighted by Crippen LogP contribution is 2.36. The summed E-state index contributed by atoms with van der Waals surface area (Å²) < 4.78 is 10.8. The van der Waals surface area contributed by atoms with Crippen LogP contribution in [0.25, 0.3) is 6.08 Å². The van der Waals surface area contributed by atoms with E-state index in [1.807, 2.05) is 60.7 Å². The molecule has 0 fully saturated rings. The van der Waals surface area contributed by atoms with Crippen LogP contribution >= 0.6 is 0 Å². The monoisotopic (exact) mass is 350 g/mol. The van der Waals surface area contributed by atoms with Gasteiger partial charge < -0.3 is 9.47 Å². The van der Waals surface area contributed by atoms with Crippen LogP contribution < -0.4 is 9.47 Å². The smallest absolute Gasteiger partial charge is 0.240 e. The van der Waals surface area contributed by atoms with Crippen LogP contribution in [0.3, 0.4) is 0 Å². The van der Waals surface area contributed by atoms with Gasteiger partial charge in [0.1, 0.15) is 11.5 Å². The Morgan fingerprint density at radius 2 is 1.69 bits per heavy atom. The zero-order chi connectivity index (χ0) is 18.5. The summed E-state index contributed by atoms with van der Waals surface area (Å²) in [6.07, 6.45) is 4.52. The van der Waals surface area contributed by atoms with Crippen molar-refractivity contribution >= 4 is 17.7 Å². The van der Waals surface area contributed by atoms with Crippen molar-refractivity contribution in [3.63, 3.8) is 0 Å². The fourth-order valence-electron chi connectivity index (χ4n) is 3.10. The normalized spacial score (nSPS) is 16.7. The summed E-state index contributed by atoms with van der Waals surface area (Å²) in [4.78, 5) is 12.1. The number of hydrogen-bond donors (Lipinski definition) is 0. The molecule has 1 aliphatic heterocycles. The van der Waals surface area contributed by atoms with E-state index in [9.17, 15) is 4.79 Å². The van der Waals surface area contributed by atoms with Gasteiger partial charge in [0.25, 0.3) is 0 Å². The lowest BCUT2D eigenvalue weighted by Crippen LogP contribution is -2.24. The molecule has 0 radical (unpaired) electrons. The summed E-state index contributed by atoms with van der Waals surface area (Å²) in [5, 5.41) is 6.04. The van der Waals surface area contributed by atoms with Gasteiger partial charge in [-0.3, -0.25) is 4.79 Å². The van der Waals surface area contributed by atoms with Crippen molar-refractivity contribution in [2.75, 3.05) is 14.2 Å². The molecule has 0 spiro atoms. The highest BCUT2D eigenvalue weighted by molar-refractivity contribution is 6.01. The molecular weight excluding hydrogens is 328 g/mol. The van der Waals surface area contributed by atoms with E-state index < -0.39 is 0 Å². The third-order valence-electron chi connectivity index (χ3n) is 4.35. The Hall–Kier alpha value is -3.08. The number of carbonyl (C=O) groups excluding carboxylic acids is 1. The maximum Gasteiger partial charge on any atom is 0.240 e. The van der Waals surface area contributed by atoms with Crippen LogP contribution in [0, 0.1) is 0 Å². The van der Waals surface area contributed by atoms with Crippen LogP contribution in [-0.4, -0.2) is 30.8 Å². The number of nitrogens with zero attached hydrogens (tertiary/aromatic N) is 2. The number of carbonyl (C=O) groups is 1. The van der Waals surface area contributed by atoms with Crippen molar-refractivity contribution in [3.8, 4) is 11.5 Å². The molecule has 1 atom stereocenters. The fourth-order valence-corrected chi connectivity index (χ4v) is 3.10. The third kappa shape index (κ3) is 3.61. The Balaban J connectivity index is 1.87. The van der Waals surface area contributed by atoms with Gasteiger partial charge in [0.2, 0.25) is 5.91 Å². The molecule has 0 aliphatic carbocycles. The molecule has 0 saturated heterocycles. The molecule has 0 saturated carbocycles. The third-order valence-corrected chi connectivity index (χ3v) is 4.35. The second-order valence-electron chi connectivity index (χ2n) is 5.99. The van der Waals surface area contributed by atoms with Gasteiger partial charge in [0.05, 0.1) is 26.0 Å². The Bertz CT molecular complexity index is 858. The average Bonchev–Trinajstić information content (AvgIpc) is 3.11. The van der Waals surface area contributed by atoms with E-state index in [0.29, 0.717) is 6.42 Å². The molecule has 0 unspecified atom stereocenters. The lowest BCUT2D eigenvalue weighted by Gasteiger charge is -2.22. The summed E-state index contributed by atoms with van der Waals surface area (Å²) in [7, 11) is 3.28. The maximum atomic E-state index is 12.1. The van der Waals surface area contributed by atoms with Crippen molar-refractivity contribution in [2.45, 2.75) is 19.4 Å². The lowest BCUT2D eigenvalue weighted by atomic mass is 10.00. The fraction of sp³-hybridized carbons (Fsp3) is 0.238. The van der Waals surface area contributed by atoms with Crippen molar-refractivity contribution in [1.82, 2.24) is 5.01 Å². The number of hydrazone groups is 1. The van der Waals surface area contributed by atoms with E-state index >= 15 is 0 Å². The molecule has 0 bridgehead atoms. The van der Waals surface area contributed by atoms with Crippen LogP contribution in [0.5, 0.6) is 11.5 Å². The number of hydrogen-bond acceptors (Lipinski definition) is 4. The molecule has 0 aromatic heterocycles. The van der Waals surface area contributed by atoms with Gasteiger partial charge in [-0.2, -0.15) is 5.10 Å². The van der Waals surface area contributed by atoms with Crippen LogP contribution in [0.4, 0.5) is 0 Å². The number of methoxy groups -OCH3 is 2. The highest BCUT2D eigenvalue weighted by Gasteiger charge is 2.31. The van der Waals surface area contributed by atoms with E-state index in [1.165, 1.54) is 11.9 Å². The molecular formula is C21H22N2O3. The van der Waals surface area contributed by atoms with E-state index in [-0.39, 0.29) is 11.9 Å². The number of amides is 1. The first kappa shape index (κ1) is 17.7. The molecule has 2 aromatic carbocycles. The van der Waals surface area contributed by atoms with Gasteiger partial charge in [-0.15, -0.1) is 0 Å². The number of ether oxygens (including phenoxy) is 2. The predicted molar refractivity (Wildman–Crippen MR) is 102 cm³/mol. The summed E-state index contributed by atoms with van der Waals surface area (Å²) in [6.45, 7) is 1.53. The zero-order valence-electron chi connectivity index (χ0n) is 15.2. The standard InChI is InChI=1S/C21H22N2O3/c1-15(24)23-19(18-9-5-7-11-21(18)26-3)14-17(22-23)13-12-16-8-4-6-10-20(16)25-2/h4-13,19H,14H2,1-3H3/b13-12+/t19-/m1/s1. The summed E-state index contributed by atoms with van der Waals surface area (Å²) in [5.74, 6) is 1.46. The molecule has 134 valence electrons. The minimum atomic E-state index is -0.166. The SMILES string of the molecule is COc1ccccc1/C=C/C1=NN(C(C)=O)[C@@H](c2ccccc2OC)C1. The molecule has 1 amide bonds. The second kappa shape index (κ2) is 7.87. The van der Waals surface area contributed by atoms with Gasteiger partial charge in [-0.1, -0.05) is 36.4 Å². The maximum absolute atomic E-state index is 12.1. The zero-order valence-corrected chi connectivity index (χ0v) is 15.2. The van der Waals surface area contributed by atoms with Gasteiger partial charge in [0, 0.05) is 24.5 Å². The van der Waals surface area contributed by atoms with E-state index in [0.717, 1.165) is 28.3 Å². The van der Waals surface area contributed by atoms with Gasteiger partial charge in [-0.25, -0.2) is 5.01 Å². The Morgan fingerprint density at radius 1 is 1.04 bits per heavy atom. The first-order valence-corrected chi connectivity index (χ1v) is 8.45. The molecule has 26 heavy (non-hydrogen) atoms. The quantitative estimate of drug-likeness (QED) is 0.817. The highest BCUT2D eigenvalue weighted by atomic mass is 16.5. The molecule has 5 heteroatoms. The molecule has 1 heterocycles. The minimum Gasteiger partial charge on any atom is -0.496 e. The van der Waals surface area contributed by atoms with Crippen molar-refractivity contribution < 1.29 is 14.3 Å². The summed E-state index contributed by atoms with van der Waals surface area (Å²) in [6, 6.07) is 15.3. The summed E-state index contributed by atoms with van der Waals surface area (Å²) in [5.41, 5.74) is 2.75. The molecule has 5 nitrogen and oxygen atoms in total. The van der Waals surface area contributed by atoms with Gasteiger partial charge in [-0.05, 0) is 24.3 Å². The van der Waals surface area contributed by atoms with Crippen LogP contribution in [0.1, 0.15) is 30.5 Å². The van der Waals surface area contributed by atoms with E-state index in [4.69, 9.17) is 9.47 Å². The number of allylic oxidation sites excluding steroid dienone is 1. The number of rotatable bonds is 5. The molecule has 2 aromatic rings. The van der Waals surface area contributed by atoms with Gasteiger partial charge >= 0.3 is 0 Å². The number of benzene rings is 2. The van der Waals surface area contributed by atoms with Crippen LogP contribution in [-0.2, 0) is 4.79 Å². The van der Waals surface area contributed by atoms with Crippen molar-refractivity contribution in [3.05, 3.63) is 65.7 Å². The van der Waals surface area contributed by atoms with E-state index in [1.54, 1.807) is 14.2 Å². The Labute approximate surface area is 153 Å². The molecule has 1 aliphatic rings. The Kier molecular flexibility index (Phi) is 5.37. The second-order valence-corrected chi connectivity index (χ2v) is 5.99. The van der Waals surface area contributed by atoms with E-state index in [2.05, 4.69) is 5.10 Å². The van der Waals surface area contributed by atoms with Gasteiger partial charge in [0.15, 0.2) is 0 Å². The Morgan fingerprint density at radius 3 is 2.38 bits per heavy atom. The largest absolute Gasteiger partial charge is 0.496 e. The lowest BCUT2D eigenvalue weighted by molar-refractivity contribution is -0.130. The first-order valence-electron chi connectivity index (χ1n) is 8.45. The minimum absolute atomic E-state index is 0.0957. The molecule has 3 rings (SSSR count). The number of para-hydroxylation sites is 2. The summed E-state index contributed by atoms with van der Waals surface area (Å²) >= 11 is 0. The predicted octanol–water partition coefficient (Wildman–Crippen LogP) is 4.07. The van der Waals surface area contributed by atoms with Crippen LogP contribution in [0.15, 0.2) is 59.7 Å². The topological polar surface area (TPSA) is 51.1 Å². The molecule has 0 N–H and O–H groups in total.